The van der Waals surface area contributed by atoms with Crippen LogP contribution in [0.2, 0.25) is 0 Å². The highest BCUT2D eigenvalue weighted by molar-refractivity contribution is 7.26. The number of hydrogen-bond acceptors (Lipinski definition) is 5. The lowest BCUT2D eigenvalue weighted by atomic mass is 9.96. The van der Waals surface area contributed by atoms with E-state index < -0.39 is 0 Å². The van der Waals surface area contributed by atoms with E-state index in [-0.39, 0.29) is 0 Å². The number of benzene rings is 7. The van der Waals surface area contributed by atoms with Crippen molar-refractivity contribution in [3.8, 4) is 56.4 Å². The Bertz CT molecular complexity index is 2860. The van der Waals surface area contributed by atoms with Crippen LogP contribution in [0.4, 0.5) is 0 Å². The number of rotatable bonds is 5. The van der Waals surface area contributed by atoms with Crippen LogP contribution in [-0.4, -0.2) is 15.0 Å². The van der Waals surface area contributed by atoms with Crippen LogP contribution in [0.25, 0.3) is 98.5 Å². The van der Waals surface area contributed by atoms with Gasteiger partial charge in [-0.05, 0) is 59.2 Å². The largest absolute Gasteiger partial charge is 0.456 e. The fourth-order valence-electron chi connectivity index (χ4n) is 6.86. The zero-order valence-corrected chi connectivity index (χ0v) is 27.6. The molecule has 50 heavy (non-hydrogen) atoms. The molecule has 0 unspecified atom stereocenters. The van der Waals surface area contributed by atoms with Crippen LogP contribution < -0.4 is 0 Å². The first kappa shape index (κ1) is 28.6. The minimum atomic E-state index is 0.622. The third kappa shape index (κ3) is 4.87. The SMILES string of the molecule is c1ccc(-c2cc(-c3ccccc3)c3sc4cc(-c5nc(-c6ccccc6)nc(-c6ccc7oc8ccccc8c7c6)n5)ccc4c3c2)cc1. The molecule has 10 rings (SSSR count). The molecule has 0 aliphatic carbocycles. The van der Waals surface area contributed by atoms with Gasteiger partial charge in [0.25, 0.3) is 0 Å². The molecule has 3 heterocycles. The summed E-state index contributed by atoms with van der Waals surface area (Å²) in [6.07, 6.45) is 0. The Balaban J connectivity index is 1.16. The van der Waals surface area contributed by atoms with E-state index in [9.17, 15) is 0 Å². The van der Waals surface area contributed by atoms with Crippen molar-refractivity contribution in [3.63, 3.8) is 0 Å². The minimum Gasteiger partial charge on any atom is -0.456 e. The number of nitrogens with zero attached hydrogens (tertiary/aromatic N) is 3. The summed E-state index contributed by atoms with van der Waals surface area (Å²) >= 11 is 1.82. The van der Waals surface area contributed by atoms with E-state index >= 15 is 0 Å². The van der Waals surface area contributed by atoms with Crippen molar-refractivity contribution in [2.75, 3.05) is 0 Å². The Morgan fingerprint density at radius 1 is 0.360 bits per heavy atom. The second kappa shape index (κ2) is 11.6. The van der Waals surface area contributed by atoms with Gasteiger partial charge in [-0.2, -0.15) is 0 Å². The molecule has 0 bridgehead atoms. The summed E-state index contributed by atoms with van der Waals surface area (Å²) in [6, 6.07) is 57.0. The van der Waals surface area contributed by atoms with Gasteiger partial charge in [-0.15, -0.1) is 11.3 Å². The Kier molecular flexibility index (Phi) is 6.64. The molecule has 4 nitrogen and oxygen atoms in total. The predicted octanol–water partition coefficient (Wildman–Crippen LogP) is 12.5. The summed E-state index contributed by atoms with van der Waals surface area (Å²) in [5.74, 6) is 1.90. The second-order valence-corrected chi connectivity index (χ2v) is 13.5. The van der Waals surface area contributed by atoms with Gasteiger partial charge in [0.2, 0.25) is 0 Å². The van der Waals surface area contributed by atoms with Crippen molar-refractivity contribution in [1.29, 1.82) is 0 Å². The van der Waals surface area contributed by atoms with Crippen molar-refractivity contribution in [2.24, 2.45) is 0 Å². The van der Waals surface area contributed by atoms with Crippen LogP contribution in [0.3, 0.4) is 0 Å². The van der Waals surface area contributed by atoms with Gasteiger partial charge in [-0.25, -0.2) is 15.0 Å². The Morgan fingerprint density at radius 3 is 1.66 bits per heavy atom. The van der Waals surface area contributed by atoms with Crippen LogP contribution in [0.15, 0.2) is 168 Å². The third-order valence-electron chi connectivity index (χ3n) is 9.33. The molecule has 10 aromatic rings. The summed E-state index contributed by atoms with van der Waals surface area (Å²) in [5, 5.41) is 4.58. The standard InChI is InChI=1S/C45H27N3OS/c1-4-12-28(13-5-1)33-25-36(29-14-6-2-7-15-29)42-38(26-33)35-22-20-32(27-41(35)50-42)45-47-43(30-16-8-3-9-17-30)46-44(48-45)31-21-23-40-37(24-31)34-18-10-11-19-39(34)49-40/h1-27H. The molecule has 0 fully saturated rings. The number of hydrogen-bond donors (Lipinski definition) is 0. The summed E-state index contributed by atoms with van der Waals surface area (Å²) in [6.45, 7) is 0. The Morgan fingerprint density at radius 2 is 0.920 bits per heavy atom. The van der Waals surface area contributed by atoms with Gasteiger partial charge in [0.15, 0.2) is 17.5 Å². The quantitative estimate of drug-likeness (QED) is 0.185. The van der Waals surface area contributed by atoms with E-state index in [2.05, 4.69) is 103 Å². The smallest absolute Gasteiger partial charge is 0.164 e. The summed E-state index contributed by atoms with van der Waals surface area (Å²) in [5.41, 5.74) is 9.36. The van der Waals surface area contributed by atoms with Crippen LogP contribution in [0.1, 0.15) is 0 Å². The first-order chi connectivity index (χ1) is 24.7. The minimum absolute atomic E-state index is 0.622. The molecule has 0 radical (unpaired) electrons. The monoisotopic (exact) mass is 657 g/mol. The molecule has 0 saturated heterocycles. The maximum absolute atomic E-state index is 6.11. The molecular formula is C45H27N3OS. The lowest BCUT2D eigenvalue weighted by Gasteiger charge is -2.09. The van der Waals surface area contributed by atoms with Crippen molar-refractivity contribution in [1.82, 2.24) is 15.0 Å². The summed E-state index contributed by atoms with van der Waals surface area (Å²) in [7, 11) is 0. The van der Waals surface area contributed by atoms with E-state index in [0.717, 1.165) is 38.6 Å². The molecule has 3 aromatic heterocycles. The lowest BCUT2D eigenvalue weighted by Crippen LogP contribution is -2.00. The van der Waals surface area contributed by atoms with Gasteiger partial charge in [-0.3, -0.25) is 0 Å². The molecule has 0 N–H and O–H groups in total. The Hall–Kier alpha value is -6.43. The van der Waals surface area contributed by atoms with Crippen molar-refractivity contribution < 1.29 is 4.42 Å². The van der Waals surface area contributed by atoms with Gasteiger partial charge < -0.3 is 4.42 Å². The van der Waals surface area contributed by atoms with Crippen molar-refractivity contribution in [3.05, 3.63) is 164 Å². The second-order valence-electron chi connectivity index (χ2n) is 12.4. The third-order valence-corrected chi connectivity index (χ3v) is 10.5. The molecular weight excluding hydrogens is 631 g/mol. The highest BCUT2D eigenvalue weighted by atomic mass is 32.1. The van der Waals surface area contributed by atoms with E-state index in [1.165, 1.54) is 42.4 Å². The molecule has 0 aliphatic rings. The first-order valence-electron chi connectivity index (χ1n) is 16.6. The van der Waals surface area contributed by atoms with Crippen LogP contribution in [0.5, 0.6) is 0 Å². The maximum atomic E-state index is 6.11. The molecule has 0 saturated carbocycles. The zero-order chi connectivity index (χ0) is 33.0. The lowest BCUT2D eigenvalue weighted by molar-refractivity contribution is 0.669. The fourth-order valence-corrected chi connectivity index (χ4v) is 8.12. The average Bonchev–Trinajstić information content (AvgIpc) is 3.76. The number of furan rings is 1. The van der Waals surface area contributed by atoms with Crippen molar-refractivity contribution >= 4 is 53.4 Å². The van der Waals surface area contributed by atoms with Gasteiger partial charge in [-0.1, -0.05) is 121 Å². The molecule has 0 aliphatic heterocycles. The first-order valence-corrected chi connectivity index (χ1v) is 17.4. The van der Waals surface area contributed by atoms with E-state index in [4.69, 9.17) is 19.4 Å². The zero-order valence-electron chi connectivity index (χ0n) is 26.7. The van der Waals surface area contributed by atoms with Crippen LogP contribution >= 0.6 is 11.3 Å². The molecule has 234 valence electrons. The molecule has 5 heteroatoms. The molecule has 0 spiro atoms. The number of para-hydroxylation sites is 1. The van der Waals surface area contributed by atoms with Gasteiger partial charge in [0, 0.05) is 53.2 Å². The van der Waals surface area contributed by atoms with Gasteiger partial charge >= 0.3 is 0 Å². The van der Waals surface area contributed by atoms with Crippen LogP contribution in [-0.2, 0) is 0 Å². The van der Waals surface area contributed by atoms with Crippen molar-refractivity contribution in [2.45, 2.75) is 0 Å². The fraction of sp³-hybridized carbons (Fsp3) is 0. The maximum Gasteiger partial charge on any atom is 0.164 e. The van der Waals surface area contributed by atoms with Gasteiger partial charge in [0.1, 0.15) is 11.2 Å². The van der Waals surface area contributed by atoms with E-state index in [0.29, 0.717) is 17.5 Å². The highest BCUT2D eigenvalue weighted by Crippen LogP contribution is 2.44. The average molecular weight is 658 g/mol. The topological polar surface area (TPSA) is 51.8 Å². The molecule has 0 atom stereocenters. The van der Waals surface area contributed by atoms with Gasteiger partial charge in [0.05, 0.1) is 0 Å². The summed E-state index contributed by atoms with van der Waals surface area (Å²) in [4.78, 5) is 15.1. The predicted molar refractivity (Wildman–Crippen MR) is 207 cm³/mol. The van der Waals surface area contributed by atoms with E-state index in [1.54, 1.807) is 0 Å². The normalized spacial score (nSPS) is 11.6. The molecule has 7 aromatic carbocycles. The number of aromatic nitrogens is 3. The highest BCUT2D eigenvalue weighted by Gasteiger charge is 2.18. The van der Waals surface area contributed by atoms with Crippen LogP contribution in [0, 0.1) is 0 Å². The number of thiophene rings is 1. The summed E-state index contributed by atoms with van der Waals surface area (Å²) < 4.78 is 8.57. The Labute approximate surface area is 292 Å². The van der Waals surface area contributed by atoms with E-state index in [1.807, 2.05) is 72.0 Å². The number of fused-ring (bicyclic) bond motifs is 6. The molecule has 0 amide bonds.